The number of carboxylic acids is 2. The number of hydrogen-bond donors (Lipinski definition) is 4. The van der Waals surface area contributed by atoms with Crippen molar-refractivity contribution in [2.75, 3.05) is 0 Å². The lowest BCUT2D eigenvalue weighted by Gasteiger charge is -2.16. The smallest absolute Gasteiger partial charge is 0.336 e. The highest BCUT2D eigenvalue weighted by atomic mass is 16.4. The van der Waals surface area contributed by atoms with E-state index >= 15 is 0 Å². The van der Waals surface area contributed by atoms with E-state index in [1.165, 1.54) is 42.5 Å². The maximum absolute atomic E-state index is 11.9. The number of aromatic carboxylic acids is 2. The van der Waals surface area contributed by atoms with Crippen LogP contribution in [0.15, 0.2) is 72.8 Å². The fourth-order valence-electron chi connectivity index (χ4n) is 3.59. The molecule has 0 unspecified atom stereocenters. The van der Waals surface area contributed by atoms with Crippen molar-refractivity contribution < 1.29 is 30.0 Å². The number of benzene rings is 4. The van der Waals surface area contributed by atoms with E-state index in [4.69, 9.17) is 0 Å². The molecule has 0 aliphatic carbocycles. The van der Waals surface area contributed by atoms with Gasteiger partial charge in [-0.15, -0.1) is 0 Å². The van der Waals surface area contributed by atoms with E-state index in [0.29, 0.717) is 33.0 Å². The molecule has 0 bridgehead atoms. The van der Waals surface area contributed by atoms with Gasteiger partial charge in [-0.25, -0.2) is 9.59 Å². The van der Waals surface area contributed by atoms with Gasteiger partial charge in [-0.3, -0.25) is 0 Å². The number of phenols is 2. The van der Waals surface area contributed by atoms with Crippen LogP contribution in [0, 0.1) is 0 Å². The first-order valence-electron chi connectivity index (χ1n) is 9.01. The van der Waals surface area contributed by atoms with Crippen LogP contribution < -0.4 is 0 Å². The van der Waals surface area contributed by atoms with Gasteiger partial charge in [-0.1, -0.05) is 30.3 Å². The third kappa shape index (κ3) is 3.31. The van der Waals surface area contributed by atoms with E-state index in [-0.39, 0.29) is 22.6 Å². The molecule has 4 rings (SSSR count). The monoisotopic (exact) mass is 400 g/mol. The molecule has 148 valence electrons. The molecule has 4 N–H and O–H groups in total. The quantitative estimate of drug-likeness (QED) is 0.384. The molecular weight excluding hydrogens is 384 g/mol. The molecule has 0 saturated heterocycles. The highest BCUT2D eigenvalue weighted by molar-refractivity contribution is 6.08. The van der Waals surface area contributed by atoms with Crippen LogP contribution in [0.3, 0.4) is 0 Å². The van der Waals surface area contributed by atoms with Crippen LogP contribution in [0.5, 0.6) is 11.5 Å². The van der Waals surface area contributed by atoms with Crippen LogP contribution in [0.4, 0.5) is 0 Å². The molecule has 0 saturated carbocycles. The predicted molar refractivity (Wildman–Crippen MR) is 112 cm³/mol. The minimum atomic E-state index is -1.13. The summed E-state index contributed by atoms with van der Waals surface area (Å²) in [5.41, 5.74) is 2.10. The fourth-order valence-corrected chi connectivity index (χ4v) is 3.59. The van der Waals surface area contributed by atoms with E-state index in [1.807, 2.05) is 0 Å². The zero-order valence-electron chi connectivity index (χ0n) is 15.5. The lowest BCUT2D eigenvalue weighted by Crippen LogP contribution is -2.02. The topological polar surface area (TPSA) is 115 Å². The second-order valence-electron chi connectivity index (χ2n) is 6.81. The Bertz CT molecular complexity index is 1310. The molecule has 4 aromatic rings. The van der Waals surface area contributed by atoms with Crippen LogP contribution >= 0.6 is 0 Å². The molecule has 6 nitrogen and oxygen atoms in total. The van der Waals surface area contributed by atoms with Crippen molar-refractivity contribution in [3.8, 4) is 33.8 Å². The Kier molecular flexibility index (Phi) is 4.60. The summed E-state index contributed by atoms with van der Waals surface area (Å²) in [7, 11) is 0. The zero-order valence-corrected chi connectivity index (χ0v) is 15.5. The Balaban J connectivity index is 2.10. The number of aromatic hydroxyl groups is 2. The largest absolute Gasteiger partial charge is 0.508 e. The minimum Gasteiger partial charge on any atom is -0.508 e. The molecule has 6 heteroatoms. The van der Waals surface area contributed by atoms with Crippen molar-refractivity contribution >= 4 is 22.7 Å². The maximum Gasteiger partial charge on any atom is 0.336 e. The van der Waals surface area contributed by atoms with E-state index in [0.717, 1.165) is 0 Å². The van der Waals surface area contributed by atoms with Gasteiger partial charge >= 0.3 is 11.9 Å². The zero-order chi connectivity index (χ0) is 21.4. The Morgan fingerprint density at radius 3 is 2.07 bits per heavy atom. The first-order chi connectivity index (χ1) is 14.3. The fraction of sp³-hybridized carbons (Fsp3) is 0. The number of hydrogen-bond acceptors (Lipinski definition) is 4. The molecule has 0 amide bonds. The number of carboxylic acid groups (broad SMARTS) is 2. The maximum atomic E-state index is 11.9. The van der Waals surface area contributed by atoms with Gasteiger partial charge in [0.05, 0.1) is 11.1 Å². The number of rotatable bonds is 4. The van der Waals surface area contributed by atoms with Gasteiger partial charge in [0.25, 0.3) is 0 Å². The van der Waals surface area contributed by atoms with Gasteiger partial charge in [0, 0.05) is 5.56 Å². The molecule has 0 heterocycles. The molecule has 0 aromatic heterocycles. The first kappa shape index (κ1) is 19.0. The van der Waals surface area contributed by atoms with Crippen molar-refractivity contribution in [2.24, 2.45) is 0 Å². The summed E-state index contributed by atoms with van der Waals surface area (Å²) in [5.74, 6) is -2.20. The van der Waals surface area contributed by atoms with Crippen molar-refractivity contribution in [3.63, 3.8) is 0 Å². The number of carbonyl (C=O) groups is 2. The lowest BCUT2D eigenvalue weighted by molar-refractivity contribution is 0.0686. The minimum absolute atomic E-state index is 0.0297. The third-order valence-electron chi connectivity index (χ3n) is 4.93. The van der Waals surface area contributed by atoms with Crippen LogP contribution in [-0.2, 0) is 0 Å². The summed E-state index contributed by atoms with van der Waals surface area (Å²) in [6.45, 7) is 0. The highest BCUT2D eigenvalue weighted by Crippen LogP contribution is 2.40. The van der Waals surface area contributed by atoms with E-state index < -0.39 is 11.9 Å². The van der Waals surface area contributed by atoms with Crippen molar-refractivity contribution in [2.45, 2.75) is 0 Å². The summed E-state index contributed by atoms with van der Waals surface area (Å²) in [4.78, 5) is 23.4. The van der Waals surface area contributed by atoms with Gasteiger partial charge in [0.1, 0.15) is 11.5 Å². The second-order valence-corrected chi connectivity index (χ2v) is 6.81. The summed E-state index contributed by atoms with van der Waals surface area (Å²) < 4.78 is 0. The molecular formula is C24H16O6. The molecule has 30 heavy (non-hydrogen) atoms. The van der Waals surface area contributed by atoms with E-state index in [1.54, 1.807) is 30.3 Å². The average molecular weight is 400 g/mol. The highest BCUT2D eigenvalue weighted by Gasteiger charge is 2.19. The Morgan fingerprint density at radius 1 is 0.667 bits per heavy atom. The normalized spacial score (nSPS) is 10.8. The summed E-state index contributed by atoms with van der Waals surface area (Å²) in [6, 6.07) is 18.5. The van der Waals surface area contributed by atoms with Gasteiger partial charge in [0.2, 0.25) is 0 Å². The Hall–Kier alpha value is -4.32. The van der Waals surface area contributed by atoms with Gasteiger partial charge in [0.15, 0.2) is 0 Å². The van der Waals surface area contributed by atoms with E-state index in [2.05, 4.69) is 0 Å². The molecule has 0 aliphatic heterocycles. The summed E-state index contributed by atoms with van der Waals surface area (Å²) >= 11 is 0. The van der Waals surface area contributed by atoms with Crippen molar-refractivity contribution in [1.29, 1.82) is 0 Å². The second kappa shape index (κ2) is 7.25. The standard InChI is InChI=1S/C24H16O6/c25-16-8-6-13(7-9-16)22-18(2-1-3-19(22)24(29)30)21-12-17(26)10-14-4-5-15(23(27)28)11-20(14)21/h1-12,25-26H,(H,27,28)(H,29,30). The predicted octanol–water partition coefficient (Wildman–Crippen LogP) is 4.98. The van der Waals surface area contributed by atoms with Gasteiger partial charge in [-0.2, -0.15) is 0 Å². The molecule has 0 fully saturated rings. The molecule has 0 radical (unpaired) electrons. The third-order valence-corrected chi connectivity index (χ3v) is 4.93. The van der Waals surface area contributed by atoms with Crippen molar-refractivity contribution in [1.82, 2.24) is 0 Å². The SMILES string of the molecule is O=C(O)c1ccc2cc(O)cc(-c3cccc(C(=O)O)c3-c3ccc(O)cc3)c2c1. The molecule has 4 aromatic carbocycles. The summed E-state index contributed by atoms with van der Waals surface area (Å²) in [6.07, 6.45) is 0. The van der Waals surface area contributed by atoms with Crippen LogP contribution in [-0.4, -0.2) is 32.4 Å². The van der Waals surface area contributed by atoms with Crippen LogP contribution in [0.1, 0.15) is 20.7 Å². The number of phenolic OH excluding ortho intramolecular Hbond substituents is 2. The van der Waals surface area contributed by atoms with Gasteiger partial charge in [-0.05, 0) is 69.9 Å². The van der Waals surface area contributed by atoms with Crippen LogP contribution in [0.2, 0.25) is 0 Å². The van der Waals surface area contributed by atoms with Crippen molar-refractivity contribution in [3.05, 3.63) is 83.9 Å². The summed E-state index contributed by atoms with van der Waals surface area (Å²) in [5, 5.41) is 40.2. The van der Waals surface area contributed by atoms with Crippen LogP contribution in [0.25, 0.3) is 33.0 Å². The Labute approximate surface area is 170 Å². The lowest BCUT2D eigenvalue weighted by atomic mass is 9.87. The van der Waals surface area contributed by atoms with Gasteiger partial charge < -0.3 is 20.4 Å². The average Bonchev–Trinajstić information content (AvgIpc) is 2.72. The molecule has 0 aliphatic rings. The molecule has 0 spiro atoms. The molecule has 0 atom stereocenters. The Morgan fingerprint density at radius 2 is 1.40 bits per heavy atom. The first-order valence-corrected chi connectivity index (χ1v) is 9.01. The van der Waals surface area contributed by atoms with E-state index in [9.17, 15) is 30.0 Å². The number of fused-ring (bicyclic) bond motifs is 1.